The molecule has 0 aromatic heterocycles. The zero-order chi connectivity index (χ0) is 18.5. The van der Waals surface area contributed by atoms with Crippen LogP contribution in [0.5, 0.6) is 5.75 Å². The topological polar surface area (TPSA) is 44.8 Å². The van der Waals surface area contributed by atoms with Gasteiger partial charge in [0.15, 0.2) is 0 Å². The molecule has 1 heterocycles. The van der Waals surface area contributed by atoms with Crippen molar-refractivity contribution in [3.8, 4) is 5.75 Å². The molecule has 1 amide bonds. The van der Waals surface area contributed by atoms with E-state index in [-0.39, 0.29) is 11.9 Å². The number of rotatable bonds is 5. The molecule has 0 radical (unpaired) electrons. The summed E-state index contributed by atoms with van der Waals surface area (Å²) in [6.07, 6.45) is 0. The first-order chi connectivity index (χ1) is 12.6. The van der Waals surface area contributed by atoms with Gasteiger partial charge in [-0.25, -0.2) is 0 Å². The second-order valence-corrected chi connectivity index (χ2v) is 7.31. The van der Waals surface area contributed by atoms with Crippen LogP contribution in [0.25, 0.3) is 0 Å². The van der Waals surface area contributed by atoms with Gasteiger partial charge in [0, 0.05) is 42.0 Å². The average Bonchev–Trinajstić information content (AvgIpc) is 2.69. The van der Waals surface area contributed by atoms with Crippen LogP contribution in [-0.2, 0) is 4.79 Å². The Labute approximate surface area is 163 Å². The molecule has 138 valence electrons. The minimum Gasteiger partial charge on any atom is -0.497 e. The third-order valence-electron chi connectivity index (χ3n) is 4.79. The van der Waals surface area contributed by atoms with Gasteiger partial charge in [-0.2, -0.15) is 0 Å². The second kappa shape index (κ2) is 8.56. The van der Waals surface area contributed by atoms with Crippen molar-refractivity contribution in [2.45, 2.75) is 13.0 Å². The Morgan fingerprint density at radius 3 is 2.23 bits per heavy atom. The predicted molar refractivity (Wildman–Crippen MR) is 109 cm³/mol. The SMILES string of the molecule is COc1ccc(N2CCN([C@H](C)C(=O)Nc3ccc(Br)cc3)CC2)cc1. The number of piperazine rings is 1. The molecular formula is C20H24BrN3O2. The number of carbonyl (C=O) groups excluding carboxylic acids is 1. The highest BCUT2D eigenvalue weighted by atomic mass is 79.9. The smallest absolute Gasteiger partial charge is 0.241 e. The lowest BCUT2D eigenvalue weighted by molar-refractivity contribution is -0.120. The number of halogens is 1. The Bertz CT molecular complexity index is 726. The third-order valence-corrected chi connectivity index (χ3v) is 5.32. The highest BCUT2D eigenvalue weighted by molar-refractivity contribution is 9.10. The number of ether oxygens (including phenoxy) is 1. The van der Waals surface area contributed by atoms with Crippen LogP contribution in [-0.4, -0.2) is 50.1 Å². The molecule has 2 aromatic rings. The monoisotopic (exact) mass is 417 g/mol. The van der Waals surface area contributed by atoms with Crippen LogP contribution in [0.1, 0.15) is 6.92 Å². The van der Waals surface area contributed by atoms with E-state index >= 15 is 0 Å². The fourth-order valence-electron chi connectivity index (χ4n) is 3.11. The Morgan fingerprint density at radius 2 is 1.65 bits per heavy atom. The number of methoxy groups -OCH3 is 1. The van der Waals surface area contributed by atoms with Gasteiger partial charge in [-0.3, -0.25) is 9.69 Å². The molecule has 1 aliphatic heterocycles. The van der Waals surface area contributed by atoms with Crippen LogP contribution in [0.4, 0.5) is 11.4 Å². The van der Waals surface area contributed by atoms with E-state index in [4.69, 9.17) is 4.74 Å². The standard InChI is InChI=1S/C20H24BrN3O2/c1-15(20(25)22-17-5-3-16(21)4-6-17)23-11-13-24(14-12-23)18-7-9-19(26-2)10-8-18/h3-10,15H,11-14H2,1-2H3,(H,22,25)/t15-/m1/s1. The number of hydrogen-bond donors (Lipinski definition) is 1. The van der Waals surface area contributed by atoms with E-state index in [9.17, 15) is 4.79 Å². The van der Waals surface area contributed by atoms with Crippen molar-refractivity contribution in [3.63, 3.8) is 0 Å². The molecule has 3 rings (SSSR count). The second-order valence-electron chi connectivity index (χ2n) is 6.39. The first-order valence-corrected chi connectivity index (χ1v) is 9.55. The molecular weight excluding hydrogens is 394 g/mol. The normalized spacial score (nSPS) is 16.2. The molecule has 5 nitrogen and oxygen atoms in total. The molecule has 0 bridgehead atoms. The zero-order valence-corrected chi connectivity index (χ0v) is 16.7. The van der Waals surface area contributed by atoms with Gasteiger partial charge in [0.25, 0.3) is 0 Å². The van der Waals surface area contributed by atoms with E-state index in [0.29, 0.717) is 0 Å². The Morgan fingerprint density at radius 1 is 1.04 bits per heavy atom. The fraction of sp³-hybridized carbons (Fsp3) is 0.350. The van der Waals surface area contributed by atoms with E-state index in [1.54, 1.807) is 7.11 Å². The molecule has 1 aliphatic rings. The average molecular weight is 418 g/mol. The Kier molecular flexibility index (Phi) is 6.16. The van der Waals surface area contributed by atoms with E-state index in [0.717, 1.165) is 42.1 Å². The molecule has 1 saturated heterocycles. The minimum atomic E-state index is -0.156. The summed E-state index contributed by atoms with van der Waals surface area (Å²) in [6.45, 7) is 5.50. The summed E-state index contributed by atoms with van der Waals surface area (Å²) < 4.78 is 6.21. The first-order valence-electron chi connectivity index (χ1n) is 8.76. The number of nitrogens with zero attached hydrogens (tertiary/aromatic N) is 2. The van der Waals surface area contributed by atoms with Crippen LogP contribution < -0.4 is 15.0 Å². The van der Waals surface area contributed by atoms with Gasteiger partial charge in [0.2, 0.25) is 5.91 Å². The maximum atomic E-state index is 12.5. The maximum Gasteiger partial charge on any atom is 0.241 e. The van der Waals surface area contributed by atoms with E-state index in [2.05, 4.69) is 43.2 Å². The van der Waals surface area contributed by atoms with Crippen molar-refractivity contribution >= 4 is 33.2 Å². The van der Waals surface area contributed by atoms with Crippen molar-refractivity contribution in [3.05, 3.63) is 53.0 Å². The van der Waals surface area contributed by atoms with E-state index < -0.39 is 0 Å². The summed E-state index contributed by atoms with van der Waals surface area (Å²) in [5.74, 6) is 0.899. The fourth-order valence-corrected chi connectivity index (χ4v) is 3.37. The van der Waals surface area contributed by atoms with Crippen LogP contribution >= 0.6 is 15.9 Å². The third kappa shape index (κ3) is 4.56. The maximum absolute atomic E-state index is 12.5. The molecule has 1 N–H and O–H groups in total. The first kappa shape index (κ1) is 18.7. The molecule has 0 spiro atoms. The highest BCUT2D eigenvalue weighted by Crippen LogP contribution is 2.21. The van der Waals surface area contributed by atoms with Gasteiger partial charge in [0.1, 0.15) is 5.75 Å². The summed E-state index contributed by atoms with van der Waals surface area (Å²) in [5.41, 5.74) is 2.01. The number of nitrogens with one attached hydrogen (secondary N) is 1. The molecule has 1 fully saturated rings. The van der Waals surface area contributed by atoms with Crippen molar-refractivity contribution in [1.82, 2.24) is 4.90 Å². The largest absolute Gasteiger partial charge is 0.497 e. The van der Waals surface area contributed by atoms with E-state index in [1.165, 1.54) is 5.69 Å². The summed E-state index contributed by atoms with van der Waals surface area (Å²) >= 11 is 3.40. The lowest BCUT2D eigenvalue weighted by Gasteiger charge is -2.38. The van der Waals surface area contributed by atoms with Gasteiger partial charge < -0.3 is 15.0 Å². The molecule has 0 aliphatic carbocycles. The molecule has 1 atom stereocenters. The molecule has 6 heteroatoms. The molecule has 26 heavy (non-hydrogen) atoms. The highest BCUT2D eigenvalue weighted by Gasteiger charge is 2.25. The Hall–Kier alpha value is -2.05. The van der Waals surface area contributed by atoms with Gasteiger partial charge >= 0.3 is 0 Å². The summed E-state index contributed by atoms with van der Waals surface area (Å²) in [4.78, 5) is 17.1. The van der Waals surface area contributed by atoms with Gasteiger partial charge in [-0.05, 0) is 55.5 Å². The molecule has 2 aromatic carbocycles. The number of hydrogen-bond acceptors (Lipinski definition) is 4. The number of anilines is 2. The number of benzene rings is 2. The Balaban J connectivity index is 1.53. The summed E-state index contributed by atoms with van der Waals surface area (Å²) in [7, 11) is 1.68. The number of amides is 1. The minimum absolute atomic E-state index is 0.0326. The van der Waals surface area contributed by atoms with Crippen molar-refractivity contribution in [2.24, 2.45) is 0 Å². The lowest BCUT2D eigenvalue weighted by atomic mass is 10.2. The van der Waals surface area contributed by atoms with Crippen molar-refractivity contribution in [2.75, 3.05) is 43.5 Å². The van der Waals surface area contributed by atoms with Crippen molar-refractivity contribution in [1.29, 1.82) is 0 Å². The van der Waals surface area contributed by atoms with Crippen LogP contribution in [0.15, 0.2) is 53.0 Å². The van der Waals surface area contributed by atoms with Gasteiger partial charge in [-0.15, -0.1) is 0 Å². The molecule has 0 unspecified atom stereocenters. The van der Waals surface area contributed by atoms with Crippen LogP contribution in [0, 0.1) is 0 Å². The predicted octanol–water partition coefficient (Wildman–Crippen LogP) is 3.61. The van der Waals surface area contributed by atoms with Crippen LogP contribution in [0.3, 0.4) is 0 Å². The van der Waals surface area contributed by atoms with Gasteiger partial charge in [-0.1, -0.05) is 15.9 Å². The van der Waals surface area contributed by atoms with Gasteiger partial charge in [0.05, 0.1) is 13.2 Å². The summed E-state index contributed by atoms with van der Waals surface area (Å²) in [5, 5.41) is 2.99. The number of carbonyl (C=O) groups is 1. The van der Waals surface area contributed by atoms with E-state index in [1.807, 2.05) is 43.3 Å². The molecule has 0 saturated carbocycles. The van der Waals surface area contributed by atoms with Crippen molar-refractivity contribution < 1.29 is 9.53 Å². The van der Waals surface area contributed by atoms with Crippen LogP contribution in [0.2, 0.25) is 0 Å². The lowest BCUT2D eigenvalue weighted by Crippen LogP contribution is -2.52. The summed E-state index contributed by atoms with van der Waals surface area (Å²) in [6, 6.07) is 15.6. The quantitative estimate of drug-likeness (QED) is 0.806. The zero-order valence-electron chi connectivity index (χ0n) is 15.1.